The van der Waals surface area contributed by atoms with E-state index in [-0.39, 0.29) is 10.3 Å². The molecule has 0 radical (unpaired) electrons. The van der Waals surface area contributed by atoms with Crippen molar-refractivity contribution in [2.45, 2.75) is 4.90 Å². The summed E-state index contributed by atoms with van der Waals surface area (Å²) >= 11 is 0. The summed E-state index contributed by atoms with van der Waals surface area (Å²) in [5.41, 5.74) is 0.645. The molecule has 0 amide bonds. The Balaban J connectivity index is 0.000000155. The molecule has 0 unspecified atom stereocenters. The molecule has 1 N–H and O–H groups in total. The van der Waals surface area contributed by atoms with E-state index >= 15 is 0 Å². The molecular weight excluding hydrogens is 292 g/mol. The van der Waals surface area contributed by atoms with Crippen LogP contribution in [0.15, 0.2) is 81.0 Å². The topological polar surface area (TPSA) is 84.6 Å². The Kier molecular flexibility index (Phi) is 4.52. The Morgan fingerprint density at radius 3 is 2.05 bits per heavy atom. The van der Waals surface area contributed by atoms with Crippen molar-refractivity contribution in [2.24, 2.45) is 0 Å². The molecule has 3 rings (SSSR count). The molecule has 0 aliphatic rings. The predicted molar refractivity (Wildman–Crippen MR) is 78.7 cm³/mol. The van der Waals surface area contributed by atoms with Crippen LogP contribution in [0.4, 0.5) is 0 Å². The fourth-order valence-corrected chi connectivity index (χ4v) is 2.13. The van der Waals surface area contributed by atoms with Gasteiger partial charge in [-0.15, -0.1) is 0 Å². The fraction of sp³-hybridized carbons (Fsp3) is 0. The normalized spacial score (nSPS) is 10.7. The summed E-state index contributed by atoms with van der Waals surface area (Å²) in [7, 11) is -4.00. The molecule has 1 heterocycles. The van der Waals surface area contributed by atoms with Crippen LogP contribution in [-0.4, -0.2) is 13.0 Å². The minimum Gasteiger partial charge on any atom is -0.464 e. The summed E-state index contributed by atoms with van der Waals surface area (Å²) in [6.07, 6.45) is 1.41. The number of para-hydroxylation sites is 1. The summed E-state index contributed by atoms with van der Waals surface area (Å²) in [5, 5.41) is 0.634. The van der Waals surface area contributed by atoms with Crippen molar-refractivity contribution in [3.05, 3.63) is 77.2 Å². The quantitative estimate of drug-likeness (QED) is 0.699. The SMILES string of the molecule is O=S(=O)(O)c1ccccc1.O=c1ccoc2ccccc12. The van der Waals surface area contributed by atoms with Crippen LogP contribution in [0.2, 0.25) is 0 Å². The highest BCUT2D eigenvalue weighted by Crippen LogP contribution is 2.07. The second kappa shape index (κ2) is 6.34. The zero-order chi connectivity index (χ0) is 15.3. The molecule has 0 aliphatic carbocycles. The lowest BCUT2D eigenvalue weighted by molar-refractivity contribution is 0.483. The van der Waals surface area contributed by atoms with Gasteiger partial charge in [0.05, 0.1) is 16.5 Å². The van der Waals surface area contributed by atoms with Crippen LogP contribution in [0.1, 0.15) is 0 Å². The van der Waals surface area contributed by atoms with Crippen LogP contribution >= 0.6 is 0 Å². The lowest BCUT2D eigenvalue weighted by Crippen LogP contribution is -1.96. The van der Waals surface area contributed by atoms with Gasteiger partial charge < -0.3 is 4.42 Å². The molecule has 0 saturated carbocycles. The van der Waals surface area contributed by atoms with E-state index in [9.17, 15) is 13.2 Å². The van der Waals surface area contributed by atoms with Crippen LogP contribution < -0.4 is 5.43 Å². The molecule has 1 aromatic heterocycles. The molecule has 6 heteroatoms. The Morgan fingerprint density at radius 2 is 1.48 bits per heavy atom. The Morgan fingerprint density at radius 1 is 0.857 bits per heavy atom. The second-order valence-corrected chi connectivity index (χ2v) is 5.49. The first-order valence-electron chi connectivity index (χ1n) is 5.97. The third-order valence-corrected chi connectivity index (χ3v) is 3.48. The summed E-state index contributed by atoms with van der Waals surface area (Å²) in [5.74, 6) is 0. The second-order valence-electron chi connectivity index (χ2n) is 4.07. The van der Waals surface area contributed by atoms with Crippen molar-refractivity contribution in [1.29, 1.82) is 0 Å². The molecule has 0 atom stereocenters. The molecule has 0 saturated heterocycles. The van der Waals surface area contributed by atoms with Crippen molar-refractivity contribution < 1.29 is 17.4 Å². The van der Waals surface area contributed by atoms with Crippen molar-refractivity contribution >= 4 is 21.1 Å². The average Bonchev–Trinajstić information content (AvgIpc) is 2.49. The largest absolute Gasteiger partial charge is 0.464 e. The predicted octanol–water partition coefficient (Wildman–Crippen LogP) is 2.73. The monoisotopic (exact) mass is 304 g/mol. The van der Waals surface area contributed by atoms with Crippen molar-refractivity contribution in [3.8, 4) is 0 Å². The van der Waals surface area contributed by atoms with Crippen molar-refractivity contribution in [3.63, 3.8) is 0 Å². The maximum Gasteiger partial charge on any atom is 0.294 e. The molecule has 3 aromatic rings. The standard InChI is InChI=1S/C9H6O2.C6H6O3S/c10-8-5-6-11-9-4-2-1-3-7(8)9;7-10(8,9)6-4-2-1-3-5-6/h1-6H;1-5H,(H,7,8,9). The van der Waals surface area contributed by atoms with Crippen LogP contribution in [0, 0.1) is 0 Å². The number of fused-ring (bicyclic) bond motifs is 1. The first kappa shape index (κ1) is 15.0. The summed E-state index contributed by atoms with van der Waals surface area (Å²) in [6, 6.07) is 16.0. The van der Waals surface area contributed by atoms with Crippen LogP contribution in [0.3, 0.4) is 0 Å². The molecule has 108 valence electrons. The molecule has 5 nitrogen and oxygen atoms in total. The Hall–Kier alpha value is -2.44. The van der Waals surface area contributed by atoms with E-state index in [0.717, 1.165) is 0 Å². The highest BCUT2D eigenvalue weighted by Gasteiger charge is 2.05. The molecule has 2 aromatic carbocycles. The summed E-state index contributed by atoms with van der Waals surface area (Å²) in [4.78, 5) is 11.0. The van der Waals surface area contributed by atoms with E-state index < -0.39 is 10.1 Å². The molecule has 0 bridgehead atoms. The minimum atomic E-state index is -4.00. The number of rotatable bonds is 1. The third kappa shape index (κ3) is 4.01. The van der Waals surface area contributed by atoms with Gasteiger partial charge in [0.15, 0.2) is 5.43 Å². The molecular formula is C15H12O5S. The van der Waals surface area contributed by atoms with E-state index in [1.807, 2.05) is 12.1 Å². The number of hydrogen-bond donors (Lipinski definition) is 1. The van der Waals surface area contributed by atoms with E-state index in [1.165, 1.54) is 24.5 Å². The summed E-state index contributed by atoms with van der Waals surface area (Å²) < 4.78 is 34.3. The third-order valence-electron chi connectivity index (χ3n) is 2.61. The van der Waals surface area contributed by atoms with E-state index in [2.05, 4.69) is 0 Å². The molecule has 0 fully saturated rings. The average molecular weight is 304 g/mol. The zero-order valence-electron chi connectivity index (χ0n) is 10.8. The van der Waals surface area contributed by atoms with Gasteiger partial charge in [-0.3, -0.25) is 9.35 Å². The first-order chi connectivity index (χ1) is 9.98. The van der Waals surface area contributed by atoms with Crippen molar-refractivity contribution in [2.75, 3.05) is 0 Å². The van der Waals surface area contributed by atoms with Gasteiger partial charge in [0.1, 0.15) is 5.58 Å². The maximum absolute atomic E-state index is 11.1. The number of benzene rings is 2. The van der Waals surface area contributed by atoms with Gasteiger partial charge in [0, 0.05) is 6.07 Å². The van der Waals surface area contributed by atoms with Crippen LogP contribution in [0.25, 0.3) is 11.0 Å². The van der Waals surface area contributed by atoms with Gasteiger partial charge in [-0.05, 0) is 24.3 Å². The van der Waals surface area contributed by atoms with E-state index in [1.54, 1.807) is 30.3 Å². The number of hydrogen-bond acceptors (Lipinski definition) is 4. The fourth-order valence-electron chi connectivity index (χ4n) is 1.62. The molecule has 0 spiro atoms. The molecule has 21 heavy (non-hydrogen) atoms. The zero-order valence-corrected chi connectivity index (χ0v) is 11.7. The highest BCUT2D eigenvalue weighted by molar-refractivity contribution is 7.85. The van der Waals surface area contributed by atoms with Gasteiger partial charge in [-0.25, -0.2) is 0 Å². The highest BCUT2D eigenvalue weighted by atomic mass is 32.2. The first-order valence-corrected chi connectivity index (χ1v) is 7.41. The van der Waals surface area contributed by atoms with Gasteiger partial charge in [-0.2, -0.15) is 8.42 Å². The van der Waals surface area contributed by atoms with E-state index in [0.29, 0.717) is 11.0 Å². The maximum atomic E-state index is 11.1. The summed E-state index contributed by atoms with van der Waals surface area (Å²) in [6.45, 7) is 0. The van der Waals surface area contributed by atoms with E-state index in [4.69, 9.17) is 8.97 Å². The van der Waals surface area contributed by atoms with Crippen LogP contribution in [-0.2, 0) is 10.1 Å². The van der Waals surface area contributed by atoms with Gasteiger partial charge in [-0.1, -0.05) is 30.3 Å². The Labute approximate surface area is 121 Å². The lowest BCUT2D eigenvalue weighted by atomic mass is 10.2. The molecule has 0 aliphatic heterocycles. The van der Waals surface area contributed by atoms with Gasteiger partial charge in [0.25, 0.3) is 10.1 Å². The minimum absolute atomic E-state index is 0.00634. The van der Waals surface area contributed by atoms with Gasteiger partial charge in [0.2, 0.25) is 0 Å². The van der Waals surface area contributed by atoms with Crippen molar-refractivity contribution in [1.82, 2.24) is 0 Å². The smallest absolute Gasteiger partial charge is 0.294 e. The lowest BCUT2D eigenvalue weighted by Gasteiger charge is -1.92. The van der Waals surface area contributed by atoms with Gasteiger partial charge >= 0.3 is 0 Å². The van der Waals surface area contributed by atoms with Crippen LogP contribution in [0.5, 0.6) is 0 Å². The Bertz CT molecular complexity index is 877.